The zero-order valence-corrected chi connectivity index (χ0v) is 19.7. The maximum Gasteiger partial charge on any atom is 0.280 e. The van der Waals surface area contributed by atoms with E-state index in [1.54, 1.807) is 18.2 Å². The molecule has 0 atom stereocenters. The molecule has 0 unspecified atom stereocenters. The number of carbonyl (C=O) groups is 1. The third kappa shape index (κ3) is 5.37. The van der Waals surface area contributed by atoms with E-state index in [-0.39, 0.29) is 17.0 Å². The molecule has 4 rings (SSSR count). The average molecular weight is 467 g/mol. The Kier molecular flexibility index (Phi) is 7.14. The van der Waals surface area contributed by atoms with E-state index < -0.39 is 5.91 Å². The Labute approximate surface area is 198 Å². The van der Waals surface area contributed by atoms with Crippen molar-refractivity contribution >= 4 is 28.3 Å². The lowest BCUT2D eigenvalue weighted by Gasteiger charge is -2.26. The third-order valence-electron chi connectivity index (χ3n) is 5.74. The maximum atomic E-state index is 12.9. The summed E-state index contributed by atoms with van der Waals surface area (Å²) in [6.07, 6.45) is 0. The second-order valence-electron chi connectivity index (χ2n) is 9.19. The van der Waals surface area contributed by atoms with E-state index in [1.165, 1.54) is 0 Å². The van der Waals surface area contributed by atoms with Crippen LogP contribution in [0.1, 0.15) is 32.0 Å². The zero-order valence-electron chi connectivity index (χ0n) is 19.7. The van der Waals surface area contributed by atoms with Gasteiger partial charge in [-0.2, -0.15) is 0 Å². The number of hydrogen-bond acceptors (Lipinski definition) is 8. The van der Waals surface area contributed by atoms with Gasteiger partial charge in [-0.15, -0.1) is 0 Å². The highest BCUT2D eigenvalue weighted by atomic mass is 16.5. The number of ether oxygens (including phenoxy) is 2. The van der Waals surface area contributed by atoms with Crippen LogP contribution in [0, 0.1) is 0 Å². The van der Waals surface area contributed by atoms with Crippen molar-refractivity contribution in [1.29, 1.82) is 0 Å². The molecule has 0 bridgehead atoms. The monoisotopic (exact) mass is 466 g/mol. The summed E-state index contributed by atoms with van der Waals surface area (Å²) in [7, 11) is 0. The highest BCUT2D eigenvalue weighted by molar-refractivity contribution is 6.50. The first-order chi connectivity index (χ1) is 16.4. The van der Waals surface area contributed by atoms with Crippen LogP contribution in [-0.2, 0) is 14.9 Å². The van der Waals surface area contributed by atoms with Gasteiger partial charge in [0.05, 0.1) is 18.9 Å². The summed E-state index contributed by atoms with van der Waals surface area (Å²) in [4.78, 5) is 15.2. The van der Waals surface area contributed by atoms with E-state index in [0.29, 0.717) is 23.6 Å². The molecular formula is C25H30N4O5. The highest BCUT2D eigenvalue weighted by Crippen LogP contribution is 2.30. The number of nitrogens with one attached hydrogen (secondary N) is 1. The first-order valence-electron chi connectivity index (χ1n) is 11.3. The number of carbonyl (C=O) groups excluding carboxylic acids is 1. The van der Waals surface area contributed by atoms with Gasteiger partial charge in [-0.3, -0.25) is 15.0 Å². The van der Waals surface area contributed by atoms with Gasteiger partial charge >= 0.3 is 0 Å². The SMILES string of the molecule is CC(C)(C)c1cc(NC(=O)C(=NO)c2ccc(OCCN3CCOCC3)c3ccccc23)on1. The fourth-order valence-electron chi connectivity index (χ4n) is 3.79. The van der Waals surface area contributed by atoms with Crippen LogP contribution in [0.25, 0.3) is 10.8 Å². The summed E-state index contributed by atoms with van der Waals surface area (Å²) >= 11 is 0. The zero-order chi connectivity index (χ0) is 24.1. The first kappa shape index (κ1) is 23.7. The van der Waals surface area contributed by atoms with Crippen molar-refractivity contribution in [3.63, 3.8) is 0 Å². The summed E-state index contributed by atoms with van der Waals surface area (Å²) in [5.41, 5.74) is 0.819. The fourth-order valence-corrected chi connectivity index (χ4v) is 3.79. The predicted molar refractivity (Wildman–Crippen MR) is 129 cm³/mol. The molecule has 34 heavy (non-hydrogen) atoms. The molecule has 9 heteroatoms. The molecule has 3 aromatic rings. The van der Waals surface area contributed by atoms with Gasteiger partial charge in [0, 0.05) is 42.1 Å². The van der Waals surface area contributed by atoms with Gasteiger partial charge in [0.15, 0.2) is 5.71 Å². The topological polar surface area (TPSA) is 109 Å². The number of aromatic nitrogens is 1. The Bertz CT molecular complexity index is 1180. The molecule has 9 nitrogen and oxygen atoms in total. The van der Waals surface area contributed by atoms with Crippen LogP contribution >= 0.6 is 0 Å². The summed E-state index contributed by atoms with van der Waals surface area (Å²) in [6.45, 7) is 10.6. The quantitative estimate of drug-likeness (QED) is 0.311. The van der Waals surface area contributed by atoms with Gasteiger partial charge in [0.25, 0.3) is 5.91 Å². The van der Waals surface area contributed by atoms with E-state index in [4.69, 9.17) is 14.0 Å². The fraction of sp³-hybridized carbons (Fsp3) is 0.400. The number of anilines is 1. The van der Waals surface area contributed by atoms with Crippen molar-refractivity contribution in [3.05, 3.63) is 53.7 Å². The van der Waals surface area contributed by atoms with Gasteiger partial charge in [0.1, 0.15) is 12.4 Å². The van der Waals surface area contributed by atoms with Crippen molar-refractivity contribution in [2.75, 3.05) is 44.8 Å². The lowest BCUT2D eigenvalue weighted by Crippen LogP contribution is -2.38. The van der Waals surface area contributed by atoms with Crippen LogP contribution in [0.2, 0.25) is 0 Å². The molecule has 1 fully saturated rings. The summed E-state index contributed by atoms with van der Waals surface area (Å²) < 4.78 is 16.7. The van der Waals surface area contributed by atoms with E-state index in [0.717, 1.165) is 43.6 Å². The minimum atomic E-state index is -0.606. The van der Waals surface area contributed by atoms with Crippen molar-refractivity contribution in [1.82, 2.24) is 10.1 Å². The number of oxime groups is 1. The average Bonchev–Trinajstić information content (AvgIpc) is 3.30. The van der Waals surface area contributed by atoms with Crippen LogP contribution in [0.4, 0.5) is 5.88 Å². The number of amides is 1. The van der Waals surface area contributed by atoms with Crippen molar-refractivity contribution in [2.45, 2.75) is 26.2 Å². The summed E-state index contributed by atoms with van der Waals surface area (Å²) in [5.74, 6) is 0.282. The lowest BCUT2D eigenvalue weighted by molar-refractivity contribution is -0.110. The second kappa shape index (κ2) is 10.2. The van der Waals surface area contributed by atoms with Gasteiger partial charge in [-0.25, -0.2) is 0 Å². The minimum absolute atomic E-state index is 0.134. The van der Waals surface area contributed by atoms with Crippen LogP contribution in [0.5, 0.6) is 5.75 Å². The molecule has 1 amide bonds. The van der Waals surface area contributed by atoms with Gasteiger partial charge in [0.2, 0.25) is 5.88 Å². The van der Waals surface area contributed by atoms with Gasteiger partial charge in [-0.05, 0) is 17.5 Å². The molecule has 0 radical (unpaired) electrons. The molecule has 2 heterocycles. The molecule has 1 aromatic heterocycles. The molecule has 2 aromatic carbocycles. The molecular weight excluding hydrogens is 436 g/mol. The Morgan fingerprint density at radius 1 is 1.18 bits per heavy atom. The number of benzene rings is 2. The smallest absolute Gasteiger partial charge is 0.280 e. The van der Waals surface area contributed by atoms with Crippen molar-refractivity contribution in [3.8, 4) is 5.75 Å². The maximum absolute atomic E-state index is 12.9. The predicted octanol–water partition coefficient (Wildman–Crippen LogP) is 3.65. The molecule has 1 aliphatic rings. The van der Waals surface area contributed by atoms with Crippen molar-refractivity contribution in [2.24, 2.45) is 5.16 Å². The number of morpholine rings is 1. The Hall–Kier alpha value is -3.43. The second-order valence-corrected chi connectivity index (χ2v) is 9.19. The first-order valence-corrected chi connectivity index (χ1v) is 11.3. The van der Waals surface area contributed by atoms with Crippen LogP contribution < -0.4 is 10.1 Å². The van der Waals surface area contributed by atoms with E-state index >= 15 is 0 Å². The normalized spacial score (nSPS) is 15.4. The molecule has 1 saturated heterocycles. The number of rotatable bonds is 7. The van der Waals surface area contributed by atoms with Gasteiger partial charge in [-0.1, -0.05) is 55.3 Å². The standard InChI is InChI=1S/C25H30N4O5/c1-25(2,3)21-16-22(34-28-21)26-24(30)23(27-31)19-8-9-20(18-7-5-4-6-17(18)19)33-15-12-29-10-13-32-14-11-29/h4-9,16,31H,10-15H2,1-3H3,(H,26,30). The third-order valence-corrected chi connectivity index (χ3v) is 5.74. The van der Waals surface area contributed by atoms with Gasteiger partial charge < -0.3 is 19.2 Å². The van der Waals surface area contributed by atoms with E-state index in [9.17, 15) is 10.0 Å². The molecule has 2 N–H and O–H groups in total. The van der Waals surface area contributed by atoms with Crippen LogP contribution in [0.15, 0.2) is 52.1 Å². The molecule has 0 aliphatic carbocycles. The van der Waals surface area contributed by atoms with Crippen LogP contribution in [0.3, 0.4) is 0 Å². The number of hydrogen-bond donors (Lipinski definition) is 2. The van der Waals surface area contributed by atoms with E-state index in [2.05, 4.69) is 20.5 Å². The Balaban J connectivity index is 1.52. The van der Waals surface area contributed by atoms with Crippen LogP contribution in [-0.4, -0.2) is 66.3 Å². The number of fused-ring (bicyclic) bond motifs is 1. The summed E-state index contributed by atoms with van der Waals surface area (Å²) in [5, 5.41) is 21.2. The molecule has 0 spiro atoms. The molecule has 1 aliphatic heterocycles. The Morgan fingerprint density at radius 3 is 2.59 bits per heavy atom. The van der Waals surface area contributed by atoms with Crippen molar-refractivity contribution < 1.29 is 24.0 Å². The Morgan fingerprint density at radius 2 is 1.91 bits per heavy atom. The largest absolute Gasteiger partial charge is 0.492 e. The number of nitrogens with zero attached hydrogens (tertiary/aromatic N) is 3. The molecule has 0 saturated carbocycles. The highest BCUT2D eigenvalue weighted by Gasteiger charge is 2.23. The minimum Gasteiger partial charge on any atom is -0.492 e. The summed E-state index contributed by atoms with van der Waals surface area (Å²) in [6, 6.07) is 12.7. The lowest BCUT2D eigenvalue weighted by atomic mass is 9.92. The molecule has 180 valence electrons. The van der Waals surface area contributed by atoms with E-state index in [1.807, 2.05) is 45.0 Å².